The zero-order chi connectivity index (χ0) is 14.6. The lowest BCUT2D eigenvalue weighted by Gasteiger charge is -2.22. The summed E-state index contributed by atoms with van der Waals surface area (Å²) in [6.45, 7) is 3.44. The first-order valence-electron chi connectivity index (χ1n) is 5.73. The number of hydrogen-bond acceptors (Lipinski definition) is 4. The summed E-state index contributed by atoms with van der Waals surface area (Å²) in [4.78, 5) is 11.6. The molecule has 0 spiro atoms. The largest absolute Gasteiger partial charge is 0.465 e. The summed E-state index contributed by atoms with van der Waals surface area (Å²) < 4.78 is 32.2. The van der Waals surface area contributed by atoms with Gasteiger partial charge in [-0.1, -0.05) is 12.1 Å². The van der Waals surface area contributed by atoms with Crippen LogP contribution in [-0.4, -0.2) is 34.6 Å². The van der Waals surface area contributed by atoms with Crippen molar-refractivity contribution in [3.8, 4) is 0 Å². The standard InChI is InChI=1S/C12H18N2O4S/c1-9(2)13-19(16,17)14(3)11-8-6-5-7-10(11)12(15)18-4/h5-9,13H,1-4H3. The monoisotopic (exact) mass is 286 g/mol. The van der Waals surface area contributed by atoms with Crippen LogP contribution >= 0.6 is 0 Å². The topological polar surface area (TPSA) is 75.7 Å². The summed E-state index contributed by atoms with van der Waals surface area (Å²) >= 11 is 0. The SMILES string of the molecule is COC(=O)c1ccccc1N(C)S(=O)(=O)NC(C)C. The third kappa shape index (κ3) is 3.68. The van der Waals surface area contributed by atoms with Crippen molar-refractivity contribution in [3.05, 3.63) is 29.8 Å². The Bertz CT molecular complexity index is 555. The molecule has 0 fully saturated rings. The van der Waals surface area contributed by atoms with Crippen molar-refractivity contribution in [3.63, 3.8) is 0 Å². The molecule has 106 valence electrons. The molecule has 6 nitrogen and oxygen atoms in total. The van der Waals surface area contributed by atoms with Crippen molar-refractivity contribution in [2.24, 2.45) is 0 Å². The summed E-state index contributed by atoms with van der Waals surface area (Å²) in [6.07, 6.45) is 0. The zero-order valence-electron chi connectivity index (χ0n) is 11.4. The third-order valence-corrected chi connectivity index (χ3v) is 4.08. The molecule has 0 heterocycles. The number of hydrogen-bond donors (Lipinski definition) is 1. The summed E-state index contributed by atoms with van der Waals surface area (Å²) in [7, 11) is -1.07. The summed E-state index contributed by atoms with van der Waals surface area (Å²) in [5.74, 6) is -0.581. The lowest BCUT2D eigenvalue weighted by molar-refractivity contribution is 0.0601. The number of methoxy groups -OCH3 is 1. The number of anilines is 1. The number of carbonyl (C=O) groups is 1. The maximum atomic E-state index is 12.1. The van der Waals surface area contributed by atoms with E-state index >= 15 is 0 Å². The van der Waals surface area contributed by atoms with Gasteiger partial charge in [-0.05, 0) is 26.0 Å². The first kappa shape index (κ1) is 15.5. The zero-order valence-corrected chi connectivity index (χ0v) is 12.2. The van der Waals surface area contributed by atoms with E-state index in [4.69, 9.17) is 0 Å². The molecule has 19 heavy (non-hydrogen) atoms. The van der Waals surface area contributed by atoms with E-state index in [1.165, 1.54) is 20.2 Å². The molecule has 1 N–H and O–H groups in total. The number of nitrogens with one attached hydrogen (secondary N) is 1. The van der Waals surface area contributed by atoms with Gasteiger partial charge in [-0.25, -0.2) is 4.79 Å². The van der Waals surface area contributed by atoms with Gasteiger partial charge in [-0.2, -0.15) is 13.1 Å². The predicted molar refractivity (Wildman–Crippen MR) is 73.4 cm³/mol. The van der Waals surface area contributed by atoms with Crippen molar-refractivity contribution in [2.45, 2.75) is 19.9 Å². The van der Waals surface area contributed by atoms with Crippen molar-refractivity contribution in [2.75, 3.05) is 18.5 Å². The minimum atomic E-state index is -3.70. The van der Waals surface area contributed by atoms with Gasteiger partial charge in [-0.3, -0.25) is 4.31 Å². The number of carbonyl (C=O) groups excluding carboxylic acids is 1. The highest BCUT2D eigenvalue weighted by atomic mass is 32.2. The van der Waals surface area contributed by atoms with Crippen LogP contribution in [0.15, 0.2) is 24.3 Å². The van der Waals surface area contributed by atoms with Crippen LogP contribution in [0.2, 0.25) is 0 Å². The Labute approximate surface area is 113 Å². The number of para-hydroxylation sites is 1. The molecule has 1 rings (SSSR count). The van der Waals surface area contributed by atoms with Crippen LogP contribution in [0.4, 0.5) is 5.69 Å². The molecule has 0 radical (unpaired) electrons. The van der Waals surface area contributed by atoms with Gasteiger partial charge >= 0.3 is 16.2 Å². The minimum Gasteiger partial charge on any atom is -0.465 e. The predicted octanol–water partition coefficient (Wildman–Crippen LogP) is 1.15. The number of rotatable bonds is 5. The van der Waals surface area contributed by atoms with E-state index in [0.717, 1.165) is 4.31 Å². The molecule has 1 aromatic carbocycles. The molecule has 0 atom stereocenters. The molecular weight excluding hydrogens is 268 g/mol. The fraction of sp³-hybridized carbons (Fsp3) is 0.417. The van der Waals surface area contributed by atoms with E-state index in [-0.39, 0.29) is 17.3 Å². The molecule has 0 bridgehead atoms. The van der Waals surface area contributed by atoms with Crippen LogP contribution < -0.4 is 9.03 Å². The van der Waals surface area contributed by atoms with E-state index in [1.54, 1.807) is 32.0 Å². The second-order valence-corrected chi connectivity index (χ2v) is 5.99. The highest BCUT2D eigenvalue weighted by Gasteiger charge is 2.23. The van der Waals surface area contributed by atoms with E-state index in [2.05, 4.69) is 9.46 Å². The van der Waals surface area contributed by atoms with Gasteiger partial charge < -0.3 is 4.74 Å². The number of benzene rings is 1. The van der Waals surface area contributed by atoms with E-state index in [1.807, 2.05) is 0 Å². The minimum absolute atomic E-state index is 0.196. The molecule has 0 amide bonds. The Hall–Kier alpha value is -1.60. The van der Waals surface area contributed by atoms with Crippen molar-refractivity contribution in [1.82, 2.24) is 4.72 Å². The van der Waals surface area contributed by atoms with Crippen molar-refractivity contribution < 1.29 is 17.9 Å². The molecule has 0 unspecified atom stereocenters. The fourth-order valence-corrected chi connectivity index (χ4v) is 2.71. The first-order chi connectivity index (χ1) is 8.79. The first-order valence-corrected chi connectivity index (χ1v) is 7.17. The fourth-order valence-electron chi connectivity index (χ4n) is 1.54. The number of ether oxygens (including phenoxy) is 1. The lowest BCUT2D eigenvalue weighted by atomic mass is 10.2. The molecule has 0 saturated carbocycles. The van der Waals surface area contributed by atoms with Crippen LogP contribution in [0.25, 0.3) is 0 Å². The molecule has 0 saturated heterocycles. The normalized spacial score (nSPS) is 11.4. The Balaban J connectivity index is 3.20. The Morgan fingerprint density at radius 1 is 1.32 bits per heavy atom. The quantitative estimate of drug-likeness (QED) is 0.824. The molecular formula is C12H18N2O4S. The van der Waals surface area contributed by atoms with Crippen LogP contribution in [0.5, 0.6) is 0 Å². The molecule has 0 aliphatic carbocycles. The van der Waals surface area contributed by atoms with Gasteiger partial charge in [0.15, 0.2) is 0 Å². The van der Waals surface area contributed by atoms with Gasteiger partial charge in [0.25, 0.3) is 0 Å². The average Bonchev–Trinajstić information content (AvgIpc) is 2.35. The van der Waals surface area contributed by atoms with Gasteiger partial charge in [0.2, 0.25) is 0 Å². The van der Waals surface area contributed by atoms with Gasteiger partial charge in [0.05, 0.1) is 18.4 Å². The lowest BCUT2D eigenvalue weighted by Crippen LogP contribution is -2.42. The van der Waals surface area contributed by atoms with Gasteiger partial charge in [0, 0.05) is 13.1 Å². The van der Waals surface area contributed by atoms with Gasteiger partial charge in [0.1, 0.15) is 0 Å². The number of esters is 1. The Morgan fingerprint density at radius 2 is 1.89 bits per heavy atom. The van der Waals surface area contributed by atoms with Crippen LogP contribution in [0.1, 0.15) is 24.2 Å². The van der Waals surface area contributed by atoms with Crippen LogP contribution in [-0.2, 0) is 14.9 Å². The number of nitrogens with zero attached hydrogens (tertiary/aromatic N) is 1. The van der Waals surface area contributed by atoms with E-state index < -0.39 is 16.2 Å². The molecule has 1 aromatic rings. The van der Waals surface area contributed by atoms with E-state index in [0.29, 0.717) is 0 Å². The molecule has 0 aromatic heterocycles. The van der Waals surface area contributed by atoms with Crippen molar-refractivity contribution >= 4 is 21.9 Å². The Morgan fingerprint density at radius 3 is 2.42 bits per heavy atom. The second-order valence-electron chi connectivity index (χ2n) is 4.25. The van der Waals surface area contributed by atoms with E-state index in [9.17, 15) is 13.2 Å². The smallest absolute Gasteiger partial charge is 0.340 e. The van der Waals surface area contributed by atoms with Crippen molar-refractivity contribution in [1.29, 1.82) is 0 Å². The highest BCUT2D eigenvalue weighted by molar-refractivity contribution is 7.90. The third-order valence-electron chi connectivity index (χ3n) is 2.39. The maximum Gasteiger partial charge on any atom is 0.340 e. The van der Waals surface area contributed by atoms with Crippen LogP contribution in [0, 0.1) is 0 Å². The molecule has 7 heteroatoms. The summed E-state index contributed by atoms with van der Waals surface area (Å²) in [6, 6.07) is 6.13. The molecule has 0 aliphatic rings. The average molecular weight is 286 g/mol. The molecule has 0 aliphatic heterocycles. The maximum absolute atomic E-state index is 12.1. The summed E-state index contributed by atoms with van der Waals surface area (Å²) in [5, 5.41) is 0. The second kappa shape index (κ2) is 6.03. The summed E-state index contributed by atoms with van der Waals surface area (Å²) in [5.41, 5.74) is 0.462. The van der Waals surface area contributed by atoms with Crippen LogP contribution in [0.3, 0.4) is 0 Å². The van der Waals surface area contributed by atoms with Gasteiger partial charge in [-0.15, -0.1) is 0 Å². The highest BCUT2D eigenvalue weighted by Crippen LogP contribution is 2.22. The Kier molecular flexibility index (Phi) is 4.90.